The van der Waals surface area contributed by atoms with E-state index in [0.717, 1.165) is 42.9 Å². The molecular formula is C13H22N4O. The fourth-order valence-electron chi connectivity index (χ4n) is 1.94. The summed E-state index contributed by atoms with van der Waals surface area (Å²) in [7, 11) is 0. The van der Waals surface area contributed by atoms with E-state index in [4.69, 9.17) is 5.73 Å². The van der Waals surface area contributed by atoms with Crippen LogP contribution in [0.3, 0.4) is 0 Å². The van der Waals surface area contributed by atoms with Gasteiger partial charge in [-0.3, -0.25) is 0 Å². The van der Waals surface area contributed by atoms with Crippen LogP contribution in [0.2, 0.25) is 0 Å². The Morgan fingerprint density at radius 2 is 2.17 bits per heavy atom. The van der Waals surface area contributed by atoms with E-state index in [0.29, 0.717) is 18.3 Å². The number of hydrogen-bond acceptors (Lipinski definition) is 5. The highest BCUT2D eigenvalue weighted by Gasteiger charge is 2.29. The molecule has 1 unspecified atom stereocenters. The maximum atomic E-state index is 9.85. The third kappa shape index (κ3) is 3.10. The van der Waals surface area contributed by atoms with Crippen molar-refractivity contribution in [2.75, 3.05) is 17.6 Å². The average Bonchev–Trinajstić information content (AvgIpc) is 3.16. The van der Waals surface area contributed by atoms with Crippen LogP contribution < -0.4 is 11.1 Å². The standard InChI is InChI=1S/C13H22N4O/c1-3-4-11-16-12(14)8(2)13(17-11)15-7-10(18)9-5-6-9/h9-10,18H,3-7H2,1-2H3,(H3,14,15,16,17). The van der Waals surface area contributed by atoms with E-state index in [-0.39, 0.29) is 6.10 Å². The molecule has 1 aromatic heterocycles. The second-order valence-electron chi connectivity index (χ2n) is 5.03. The molecule has 1 aliphatic rings. The molecule has 5 nitrogen and oxygen atoms in total. The normalized spacial score (nSPS) is 16.6. The Bertz CT molecular complexity index is 418. The Morgan fingerprint density at radius 3 is 2.78 bits per heavy atom. The Balaban J connectivity index is 2.04. The van der Waals surface area contributed by atoms with E-state index in [1.54, 1.807) is 0 Å². The van der Waals surface area contributed by atoms with Crippen LogP contribution in [0.1, 0.15) is 37.6 Å². The van der Waals surface area contributed by atoms with Crippen molar-refractivity contribution in [3.63, 3.8) is 0 Å². The quantitative estimate of drug-likeness (QED) is 0.712. The van der Waals surface area contributed by atoms with E-state index >= 15 is 0 Å². The van der Waals surface area contributed by atoms with Crippen molar-refractivity contribution in [1.29, 1.82) is 0 Å². The molecule has 2 rings (SSSR count). The summed E-state index contributed by atoms with van der Waals surface area (Å²) in [6.07, 6.45) is 3.80. The third-order valence-corrected chi connectivity index (χ3v) is 3.35. The fourth-order valence-corrected chi connectivity index (χ4v) is 1.94. The highest BCUT2D eigenvalue weighted by Crippen LogP contribution is 2.32. The molecule has 100 valence electrons. The maximum absolute atomic E-state index is 9.85. The lowest BCUT2D eigenvalue weighted by Crippen LogP contribution is -2.22. The SMILES string of the molecule is CCCc1nc(N)c(C)c(NCC(O)C2CC2)n1. The first-order valence-electron chi connectivity index (χ1n) is 6.66. The molecule has 0 saturated heterocycles. The summed E-state index contributed by atoms with van der Waals surface area (Å²) >= 11 is 0. The molecule has 1 saturated carbocycles. The van der Waals surface area contributed by atoms with Gasteiger partial charge in [-0.15, -0.1) is 0 Å². The summed E-state index contributed by atoms with van der Waals surface area (Å²) in [4.78, 5) is 8.72. The number of hydrogen-bond donors (Lipinski definition) is 3. The number of nitrogens with zero attached hydrogens (tertiary/aromatic N) is 2. The first-order valence-corrected chi connectivity index (χ1v) is 6.66. The van der Waals surface area contributed by atoms with Gasteiger partial charge in [-0.1, -0.05) is 6.92 Å². The molecule has 1 aromatic rings. The van der Waals surface area contributed by atoms with E-state index in [2.05, 4.69) is 22.2 Å². The molecule has 4 N–H and O–H groups in total. The molecule has 0 radical (unpaired) electrons. The second kappa shape index (κ2) is 5.52. The summed E-state index contributed by atoms with van der Waals surface area (Å²) in [5.74, 6) is 2.51. The predicted molar refractivity (Wildman–Crippen MR) is 72.4 cm³/mol. The zero-order valence-corrected chi connectivity index (χ0v) is 11.1. The lowest BCUT2D eigenvalue weighted by molar-refractivity contribution is 0.164. The van der Waals surface area contributed by atoms with Crippen molar-refractivity contribution in [3.8, 4) is 0 Å². The highest BCUT2D eigenvalue weighted by molar-refractivity contribution is 5.54. The number of anilines is 2. The lowest BCUT2D eigenvalue weighted by atomic mass is 10.2. The molecule has 1 heterocycles. The van der Waals surface area contributed by atoms with Crippen LogP contribution in [-0.4, -0.2) is 27.7 Å². The van der Waals surface area contributed by atoms with Gasteiger partial charge in [-0.2, -0.15) is 0 Å². The van der Waals surface area contributed by atoms with Crippen LogP contribution in [0.4, 0.5) is 11.6 Å². The number of aliphatic hydroxyl groups is 1. The summed E-state index contributed by atoms with van der Waals surface area (Å²) in [5.41, 5.74) is 6.74. The highest BCUT2D eigenvalue weighted by atomic mass is 16.3. The smallest absolute Gasteiger partial charge is 0.134 e. The Kier molecular flexibility index (Phi) is 4.01. The van der Waals surface area contributed by atoms with E-state index in [9.17, 15) is 5.11 Å². The largest absolute Gasteiger partial charge is 0.391 e. The van der Waals surface area contributed by atoms with Crippen molar-refractivity contribution >= 4 is 11.6 Å². The number of aryl methyl sites for hydroxylation is 1. The van der Waals surface area contributed by atoms with Gasteiger partial charge in [0.1, 0.15) is 17.5 Å². The zero-order chi connectivity index (χ0) is 13.1. The van der Waals surface area contributed by atoms with E-state index in [1.165, 1.54) is 0 Å². The summed E-state index contributed by atoms with van der Waals surface area (Å²) in [6.45, 7) is 4.52. The third-order valence-electron chi connectivity index (χ3n) is 3.35. The second-order valence-corrected chi connectivity index (χ2v) is 5.03. The number of rotatable bonds is 6. The molecule has 0 amide bonds. The zero-order valence-electron chi connectivity index (χ0n) is 11.1. The van der Waals surface area contributed by atoms with Gasteiger partial charge in [0.05, 0.1) is 6.10 Å². The first kappa shape index (κ1) is 13.1. The molecular weight excluding hydrogens is 228 g/mol. The van der Waals surface area contributed by atoms with Gasteiger partial charge in [0.2, 0.25) is 0 Å². The van der Waals surface area contributed by atoms with E-state index < -0.39 is 0 Å². The molecule has 1 aliphatic carbocycles. The van der Waals surface area contributed by atoms with Crippen LogP contribution in [0.25, 0.3) is 0 Å². The van der Waals surface area contributed by atoms with Crippen LogP contribution in [0.15, 0.2) is 0 Å². The molecule has 18 heavy (non-hydrogen) atoms. The van der Waals surface area contributed by atoms with Crippen molar-refractivity contribution < 1.29 is 5.11 Å². The predicted octanol–water partition coefficient (Wildman–Crippen LogP) is 1.50. The van der Waals surface area contributed by atoms with E-state index in [1.807, 2.05) is 6.92 Å². The topological polar surface area (TPSA) is 84.1 Å². The van der Waals surface area contributed by atoms with Crippen LogP contribution in [-0.2, 0) is 6.42 Å². The first-order chi connectivity index (χ1) is 8.61. The Labute approximate surface area is 108 Å². The minimum atomic E-state index is -0.282. The number of nitrogen functional groups attached to an aromatic ring is 1. The van der Waals surface area contributed by atoms with Crippen LogP contribution in [0.5, 0.6) is 0 Å². The van der Waals surface area contributed by atoms with Gasteiger partial charge in [0.25, 0.3) is 0 Å². The summed E-state index contributed by atoms with van der Waals surface area (Å²) in [6, 6.07) is 0. The van der Waals surface area contributed by atoms with Crippen LogP contribution >= 0.6 is 0 Å². The number of aliphatic hydroxyl groups excluding tert-OH is 1. The maximum Gasteiger partial charge on any atom is 0.134 e. The van der Waals surface area contributed by atoms with Crippen molar-refractivity contribution in [3.05, 3.63) is 11.4 Å². The Hall–Kier alpha value is -1.36. The molecule has 5 heteroatoms. The van der Waals surface area contributed by atoms with Gasteiger partial charge in [-0.05, 0) is 32.1 Å². The molecule has 1 fully saturated rings. The van der Waals surface area contributed by atoms with Gasteiger partial charge < -0.3 is 16.2 Å². The monoisotopic (exact) mass is 250 g/mol. The van der Waals surface area contributed by atoms with Crippen molar-refractivity contribution in [2.45, 2.75) is 45.6 Å². The molecule has 0 aliphatic heterocycles. The summed E-state index contributed by atoms with van der Waals surface area (Å²) < 4.78 is 0. The minimum Gasteiger partial charge on any atom is -0.391 e. The van der Waals surface area contributed by atoms with Crippen LogP contribution in [0, 0.1) is 12.8 Å². The number of aromatic nitrogens is 2. The lowest BCUT2D eigenvalue weighted by Gasteiger charge is -2.14. The molecule has 0 bridgehead atoms. The average molecular weight is 250 g/mol. The van der Waals surface area contributed by atoms with Gasteiger partial charge >= 0.3 is 0 Å². The number of nitrogens with one attached hydrogen (secondary N) is 1. The van der Waals surface area contributed by atoms with Gasteiger partial charge in [0.15, 0.2) is 0 Å². The Morgan fingerprint density at radius 1 is 1.44 bits per heavy atom. The van der Waals surface area contributed by atoms with Crippen molar-refractivity contribution in [1.82, 2.24) is 9.97 Å². The van der Waals surface area contributed by atoms with Crippen molar-refractivity contribution in [2.24, 2.45) is 5.92 Å². The molecule has 1 atom stereocenters. The number of nitrogens with two attached hydrogens (primary N) is 1. The molecule has 0 aromatic carbocycles. The fraction of sp³-hybridized carbons (Fsp3) is 0.692. The summed E-state index contributed by atoms with van der Waals surface area (Å²) in [5, 5.41) is 13.0. The minimum absolute atomic E-state index is 0.282. The van der Waals surface area contributed by atoms with Gasteiger partial charge in [-0.25, -0.2) is 9.97 Å². The molecule has 0 spiro atoms. The van der Waals surface area contributed by atoms with Gasteiger partial charge in [0, 0.05) is 18.5 Å².